The summed E-state index contributed by atoms with van der Waals surface area (Å²) in [6.07, 6.45) is 0. The Morgan fingerprint density at radius 1 is 0.963 bits per heavy atom. The van der Waals surface area contributed by atoms with Crippen molar-refractivity contribution in [2.75, 3.05) is 0 Å². The van der Waals surface area contributed by atoms with Crippen LogP contribution in [0.2, 0.25) is 0 Å². The van der Waals surface area contributed by atoms with Crippen molar-refractivity contribution in [1.82, 2.24) is 9.97 Å². The van der Waals surface area contributed by atoms with E-state index in [0.717, 1.165) is 0 Å². The predicted octanol–water partition coefficient (Wildman–Crippen LogP) is 3.85. The van der Waals surface area contributed by atoms with Gasteiger partial charge in [-0.3, -0.25) is 0 Å². The summed E-state index contributed by atoms with van der Waals surface area (Å²) in [7, 11) is -3.99. The van der Waals surface area contributed by atoms with E-state index in [0.29, 0.717) is 11.0 Å². The number of para-hydroxylation sites is 2. The van der Waals surface area contributed by atoms with Crippen molar-refractivity contribution >= 4 is 20.9 Å². The number of sulfone groups is 1. The number of hydrogen-bond donors (Lipinski definition) is 0. The lowest BCUT2D eigenvalue weighted by Crippen LogP contribution is -2.26. The average Bonchev–Trinajstić information content (AvgIpc) is 2.62. The van der Waals surface area contributed by atoms with Gasteiger partial charge < -0.3 is 4.74 Å². The van der Waals surface area contributed by atoms with Crippen molar-refractivity contribution in [2.24, 2.45) is 0 Å². The Bertz CT molecular complexity index is 1110. The third-order valence-corrected chi connectivity index (χ3v) is 5.59. The maximum absolute atomic E-state index is 13.1. The summed E-state index contributed by atoms with van der Waals surface area (Å²) in [4.78, 5) is 8.92. The van der Waals surface area contributed by atoms with Crippen molar-refractivity contribution in [3.8, 4) is 11.9 Å². The third-order valence-electron chi connectivity index (χ3n) is 3.71. The Balaban J connectivity index is 2.23. The Kier molecular flexibility index (Phi) is 4.85. The van der Waals surface area contributed by atoms with Crippen LogP contribution >= 0.6 is 0 Å². The molecule has 0 radical (unpaired) electrons. The van der Waals surface area contributed by atoms with Crippen LogP contribution in [0, 0.1) is 11.3 Å². The topological polar surface area (TPSA) is 92.9 Å². The minimum atomic E-state index is -3.99. The van der Waals surface area contributed by atoms with Gasteiger partial charge in [0, 0.05) is 0 Å². The van der Waals surface area contributed by atoms with Crippen molar-refractivity contribution in [1.29, 1.82) is 5.26 Å². The fourth-order valence-electron chi connectivity index (χ4n) is 2.56. The van der Waals surface area contributed by atoms with Gasteiger partial charge in [-0.2, -0.15) is 5.26 Å². The molecular weight excluding hydrogens is 362 g/mol. The largest absolute Gasteiger partial charge is 0.471 e. The van der Waals surface area contributed by atoms with Crippen LogP contribution in [0.4, 0.5) is 0 Å². The van der Waals surface area contributed by atoms with Gasteiger partial charge in [-0.05, 0) is 45.0 Å². The molecule has 0 aliphatic heterocycles. The first-order valence-electron chi connectivity index (χ1n) is 8.36. The number of fused-ring (bicyclic) bond motifs is 1. The third kappa shape index (κ3) is 3.91. The van der Waals surface area contributed by atoms with E-state index >= 15 is 0 Å². The molecule has 0 aliphatic rings. The molecule has 27 heavy (non-hydrogen) atoms. The van der Waals surface area contributed by atoms with Crippen molar-refractivity contribution in [2.45, 2.75) is 36.5 Å². The number of benzene rings is 2. The number of nitriles is 1. The molecule has 0 fully saturated rings. The van der Waals surface area contributed by atoms with E-state index in [1.807, 2.05) is 26.8 Å². The molecule has 0 aliphatic carbocycles. The average molecular weight is 381 g/mol. The number of nitrogens with zero attached hydrogens (tertiary/aromatic N) is 3. The number of hydrogen-bond acceptors (Lipinski definition) is 6. The summed E-state index contributed by atoms with van der Waals surface area (Å²) in [6.45, 7) is 5.46. The molecule has 1 atom stereocenters. The quantitative estimate of drug-likeness (QED) is 0.681. The molecule has 0 amide bonds. The lowest BCUT2D eigenvalue weighted by Gasteiger charge is -2.23. The molecule has 0 N–H and O–H groups in total. The van der Waals surface area contributed by atoms with Crippen LogP contribution in [0.1, 0.15) is 31.7 Å². The van der Waals surface area contributed by atoms with Gasteiger partial charge in [0.1, 0.15) is 11.3 Å². The normalized spacial score (nSPS) is 13.1. The molecule has 0 spiro atoms. The highest BCUT2D eigenvalue weighted by Gasteiger charge is 2.35. The predicted molar refractivity (Wildman–Crippen MR) is 102 cm³/mol. The van der Waals surface area contributed by atoms with Crippen LogP contribution in [-0.4, -0.2) is 24.0 Å². The Labute approximate surface area is 158 Å². The summed E-state index contributed by atoms with van der Waals surface area (Å²) < 4.78 is 32.0. The Hall–Kier alpha value is -2.98. The summed E-state index contributed by atoms with van der Waals surface area (Å²) in [5.41, 5.74) is 0.420. The van der Waals surface area contributed by atoms with E-state index in [1.165, 1.54) is 12.1 Å². The molecule has 1 unspecified atom stereocenters. The molecule has 6 nitrogen and oxygen atoms in total. The molecule has 0 bridgehead atoms. The van der Waals surface area contributed by atoms with E-state index in [1.54, 1.807) is 42.5 Å². The second-order valence-corrected chi connectivity index (χ2v) is 9.02. The maximum atomic E-state index is 13.1. The van der Waals surface area contributed by atoms with Crippen molar-refractivity contribution in [3.05, 3.63) is 60.3 Å². The summed E-state index contributed by atoms with van der Waals surface area (Å²) in [6, 6.07) is 16.8. The molecule has 2 aromatic carbocycles. The summed E-state index contributed by atoms with van der Waals surface area (Å²) in [5, 5.41) is 8.19. The van der Waals surface area contributed by atoms with Crippen LogP contribution < -0.4 is 4.74 Å². The Morgan fingerprint density at radius 3 is 2.07 bits per heavy atom. The van der Waals surface area contributed by atoms with Gasteiger partial charge in [-0.25, -0.2) is 18.4 Å². The zero-order valence-electron chi connectivity index (χ0n) is 15.2. The summed E-state index contributed by atoms with van der Waals surface area (Å²) in [5.74, 6) is 0.0484. The second-order valence-electron chi connectivity index (χ2n) is 6.98. The maximum Gasteiger partial charge on any atom is 0.239 e. The molecule has 3 rings (SSSR count). The van der Waals surface area contributed by atoms with E-state index in [9.17, 15) is 13.7 Å². The van der Waals surface area contributed by atoms with Gasteiger partial charge >= 0.3 is 0 Å². The van der Waals surface area contributed by atoms with E-state index in [4.69, 9.17) is 4.74 Å². The van der Waals surface area contributed by atoms with Crippen molar-refractivity contribution in [3.63, 3.8) is 0 Å². The monoisotopic (exact) mass is 381 g/mol. The highest BCUT2D eigenvalue weighted by molar-refractivity contribution is 7.92. The van der Waals surface area contributed by atoms with Gasteiger partial charge in [0.15, 0.2) is 5.25 Å². The van der Waals surface area contributed by atoms with Gasteiger partial charge in [0.2, 0.25) is 15.7 Å². The highest BCUT2D eigenvalue weighted by Crippen LogP contribution is 2.34. The zero-order chi connectivity index (χ0) is 19.7. The second kappa shape index (κ2) is 6.97. The first kappa shape index (κ1) is 18.8. The minimum Gasteiger partial charge on any atom is -0.471 e. The lowest BCUT2D eigenvalue weighted by atomic mass is 10.2. The zero-order valence-corrected chi connectivity index (χ0v) is 16.1. The molecular formula is C20H19N3O3S. The fourth-order valence-corrected chi connectivity index (χ4v) is 3.95. The molecule has 138 valence electrons. The highest BCUT2D eigenvalue weighted by atomic mass is 32.2. The fraction of sp³-hybridized carbons (Fsp3) is 0.250. The van der Waals surface area contributed by atoms with Crippen LogP contribution in [-0.2, 0) is 9.84 Å². The van der Waals surface area contributed by atoms with Crippen molar-refractivity contribution < 1.29 is 13.2 Å². The minimum absolute atomic E-state index is 0.00465. The van der Waals surface area contributed by atoms with Gasteiger partial charge in [0.05, 0.1) is 22.0 Å². The van der Waals surface area contributed by atoms with Gasteiger partial charge in [-0.1, -0.05) is 30.3 Å². The van der Waals surface area contributed by atoms with Crippen LogP contribution in [0.25, 0.3) is 11.0 Å². The smallest absolute Gasteiger partial charge is 0.239 e. The first-order valence-corrected chi connectivity index (χ1v) is 9.91. The number of ether oxygens (including phenoxy) is 1. The van der Waals surface area contributed by atoms with Crippen LogP contribution in [0.15, 0.2) is 59.5 Å². The number of rotatable bonds is 4. The first-order chi connectivity index (χ1) is 12.7. The summed E-state index contributed by atoms with van der Waals surface area (Å²) >= 11 is 0. The van der Waals surface area contributed by atoms with E-state index < -0.39 is 20.7 Å². The molecule has 7 heteroatoms. The van der Waals surface area contributed by atoms with E-state index in [2.05, 4.69) is 9.97 Å². The van der Waals surface area contributed by atoms with E-state index in [-0.39, 0.29) is 16.5 Å². The SMILES string of the molecule is CC(C)(C)Oc1nc2ccccc2nc1C(C#N)S(=O)(=O)c1ccccc1. The molecule has 1 heterocycles. The number of aromatic nitrogens is 2. The standard InChI is InChI=1S/C20H19N3O3S/c1-20(2,3)26-19-18(22-15-11-7-8-12-16(15)23-19)17(13-21)27(24,25)14-9-5-4-6-10-14/h4-12,17H,1-3H3. The van der Waals surface area contributed by atoms with Crippen LogP contribution in [0.5, 0.6) is 5.88 Å². The van der Waals surface area contributed by atoms with Gasteiger partial charge in [-0.15, -0.1) is 0 Å². The molecule has 0 saturated heterocycles. The molecule has 3 aromatic rings. The molecule has 1 aromatic heterocycles. The Morgan fingerprint density at radius 2 is 1.52 bits per heavy atom. The van der Waals surface area contributed by atoms with Gasteiger partial charge in [0.25, 0.3) is 0 Å². The van der Waals surface area contributed by atoms with Crippen LogP contribution in [0.3, 0.4) is 0 Å². The lowest BCUT2D eigenvalue weighted by molar-refractivity contribution is 0.122. The molecule has 0 saturated carbocycles.